The van der Waals surface area contributed by atoms with Crippen molar-refractivity contribution in [3.63, 3.8) is 0 Å². The van der Waals surface area contributed by atoms with Gasteiger partial charge in [-0.3, -0.25) is 4.79 Å². The van der Waals surface area contributed by atoms with Crippen LogP contribution in [0.2, 0.25) is 0 Å². The van der Waals surface area contributed by atoms with Gasteiger partial charge < -0.3 is 14.8 Å². The van der Waals surface area contributed by atoms with Gasteiger partial charge in [-0.1, -0.05) is 19.1 Å². The fraction of sp³-hybridized carbons (Fsp3) is 0.333. The van der Waals surface area contributed by atoms with Gasteiger partial charge in [-0.25, -0.2) is 4.79 Å². The van der Waals surface area contributed by atoms with E-state index in [0.29, 0.717) is 30.0 Å². The lowest BCUT2D eigenvalue weighted by Gasteiger charge is -2.18. The molecule has 26 heavy (non-hydrogen) atoms. The van der Waals surface area contributed by atoms with Crippen LogP contribution < -0.4 is 10.1 Å². The molecule has 0 aliphatic carbocycles. The fourth-order valence-electron chi connectivity index (χ4n) is 2.65. The molecular formula is C21H25NO4. The Labute approximate surface area is 154 Å². The predicted octanol–water partition coefficient (Wildman–Crippen LogP) is 4.28. The number of rotatable bonds is 7. The van der Waals surface area contributed by atoms with Crippen LogP contribution in [0.5, 0.6) is 5.75 Å². The van der Waals surface area contributed by atoms with Gasteiger partial charge in [0.05, 0.1) is 12.2 Å². The van der Waals surface area contributed by atoms with E-state index in [9.17, 15) is 9.59 Å². The second kappa shape index (κ2) is 9.04. The number of amides is 1. The molecule has 5 nitrogen and oxygen atoms in total. The van der Waals surface area contributed by atoms with E-state index in [2.05, 4.69) is 11.4 Å². The Balaban J connectivity index is 2.09. The number of esters is 1. The van der Waals surface area contributed by atoms with E-state index in [1.54, 1.807) is 31.2 Å². The molecule has 138 valence electrons. The zero-order valence-electron chi connectivity index (χ0n) is 15.7. The highest BCUT2D eigenvalue weighted by Gasteiger charge is 2.19. The summed E-state index contributed by atoms with van der Waals surface area (Å²) in [5, 5.41) is 2.81. The number of anilines is 1. The van der Waals surface area contributed by atoms with E-state index >= 15 is 0 Å². The summed E-state index contributed by atoms with van der Waals surface area (Å²) >= 11 is 0. The molecule has 0 aromatic heterocycles. The van der Waals surface area contributed by atoms with Gasteiger partial charge in [0.1, 0.15) is 5.75 Å². The van der Waals surface area contributed by atoms with Crippen LogP contribution >= 0.6 is 0 Å². The Kier molecular flexibility index (Phi) is 6.78. The van der Waals surface area contributed by atoms with Crippen molar-refractivity contribution in [2.75, 3.05) is 11.9 Å². The van der Waals surface area contributed by atoms with Crippen molar-refractivity contribution in [1.82, 2.24) is 0 Å². The molecule has 0 fully saturated rings. The molecule has 0 bridgehead atoms. The molecule has 2 aromatic rings. The Morgan fingerprint density at radius 2 is 1.73 bits per heavy atom. The third-order valence-corrected chi connectivity index (χ3v) is 3.78. The van der Waals surface area contributed by atoms with Crippen LogP contribution in [-0.2, 0) is 9.53 Å². The average molecular weight is 355 g/mol. The first-order chi connectivity index (χ1) is 12.4. The number of carbonyl (C=O) groups is 2. The van der Waals surface area contributed by atoms with Crippen molar-refractivity contribution in [3.8, 4) is 5.75 Å². The maximum atomic E-state index is 12.6. The molecule has 2 aromatic carbocycles. The van der Waals surface area contributed by atoms with Crippen LogP contribution in [-0.4, -0.2) is 24.6 Å². The highest BCUT2D eigenvalue weighted by molar-refractivity contribution is 5.96. The molecule has 1 amide bonds. The van der Waals surface area contributed by atoms with Gasteiger partial charge in [-0.15, -0.1) is 0 Å². The Morgan fingerprint density at radius 3 is 2.35 bits per heavy atom. The lowest BCUT2D eigenvalue weighted by Crippen LogP contribution is -2.32. The molecule has 0 heterocycles. The Morgan fingerprint density at radius 1 is 1.04 bits per heavy atom. The van der Waals surface area contributed by atoms with Crippen molar-refractivity contribution in [2.24, 2.45) is 0 Å². The summed E-state index contributed by atoms with van der Waals surface area (Å²) in [6.45, 7) is 7.92. The third-order valence-electron chi connectivity index (χ3n) is 3.78. The van der Waals surface area contributed by atoms with Gasteiger partial charge in [0.2, 0.25) is 0 Å². The largest absolute Gasteiger partial charge is 0.481 e. The quantitative estimate of drug-likeness (QED) is 0.753. The van der Waals surface area contributed by atoms with Crippen molar-refractivity contribution in [1.29, 1.82) is 0 Å². The van der Waals surface area contributed by atoms with Crippen molar-refractivity contribution < 1.29 is 19.1 Å². The normalized spacial score (nSPS) is 11.5. The van der Waals surface area contributed by atoms with Crippen molar-refractivity contribution in [2.45, 2.75) is 40.2 Å². The van der Waals surface area contributed by atoms with Gasteiger partial charge in [0.25, 0.3) is 5.91 Å². The molecule has 2 rings (SSSR count). The third kappa shape index (κ3) is 5.34. The van der Waals surface area contributed by atoms with Gasteiger partial charge in [0, 0.05) is 5.69 Å². The first-order valence-electron chi connectivity index (χ1n) is 8.76. The number of carbonyl (C=O) groups excluding carboxylic acids is 2. The monoisotopic (exact) mass is 355 g/mol. The Hall–Kier alpha value is -2.82. The van der Waals surface area contributed by atoms with Crippen LogP contribution in [0.4, 0.5) is 5.69 Å². The van der Waals surface area contributed by atoms with Crippen molar-refractivity contribution >= 4 is 17.6 Å². The maximum Gasteiger partial charge on any atom is 0.338 e. The minimum Gasteiger partial charge on any atom is -0.481 e. The number of benzene rings is 2. The van der Waals surface area contributed by atoms with Crippen LogP contribution in [0, 0.1) is 13.8 Å². The molecule has 0 spiro atoms. The summed E-state index contributed by atoms with van der Waals surface area (Å²) in [4.78, 5) is 24.4. The van der Waals surface area contributed by atoms with Gasteiger partial charge >= 0.3 is 5.97 Å². The molecule has 0 saturated heterocycles. The van der Waals surface area contributed by atoms with Crippen LogP contribution in [0.3, 0.4) is 0 Å². The second-order valence-corrected chi connectivity index (χ2v) is 6.13. The molecule has 0 saturated carbocycles. The molecule has 1 atom stereocenters. The standard InChI is InChI=1S/C21H25NO4/c1-5-19(26-18-11-14(3)10-15(4)12-18)20(23)22-17-9-7-8-16(13-17)21(24)25-6-2/h7-13,19H,5-6H2,1-4H3,(H,22,23)/t19-/m0/s1. The molecule has 0 unspecified atom stereocenters. The molecule has 0 aliphatic heterocycles. The molecule has 0 radical (unpaired) electrons. The number of ether oxygens (including phenoxy) is 2. The van der Waals surface area contributed by atoms with E-state index < -0.39 is 12.1 Å². The smallest absolute Gasteiger partial charge is 0.338 e. The SMILES string of the molecule is CCOC(=O)c1cccc(NC(=O)[C@H](CC)Oc2cc(C)cc(C)c2)c1. The van der Waals surface area contributed by atoms with E-state index in [4.69, 9.17) is 9.47 Å². The summed E-state index contributed by atoms with van der Waals surface area (Å²) in [6, 6.07) is 12.5. The molecule has 0 aliphatic rings. The maximum absolute atomic E-state index is 12.6. The van der Waals surface area contributed by atoms with Gasteiger partial charge in [0.15, 0.2) is 6.10 Å². The minimum absolute atomic E-state index is 0.257. The van der Waals surface area contributed by atoms with E-state index in [1.807, 2.05) is 32.9 Å². The zero-order valence-corrected chi connectivity index (χ0v) is 15.7. The summed E-state index contributed by atoms with van der Waals surface area (Å²) < 4.78 is 10.9. The highest BCUT2D eigenvalue weighted by Crippen LogP contribution is 2.19. The van der Waals surface area contributed by atoms with E-state index in [-0.39, 0.29) is 5.91 Å². The Bertz CT molecular complexity index is 765. The molecular weight excluding hydrogens is 330 g/mol. The van der Waals surface area contributed by atoms with Crippen LogP contribution in [0.15, 0.2) is 42.5 Å². The number of hydrogen-bond acceptors (Lipinski definition) is 4. The first kappa shape index (κ1) is 19.5. The number of hydrogen-bond donors (Lipinski definition) is 1. The van der Waals surface area contributed by atoms with Crippen LogP contribution in [0.1, 0.15) is 41.8 Å². The average Bonchev–Trinajstić information content (AvgIpc) is 2.59. The summed E-state index contributed by atoms with van der Waals surface area (Å²) in [6.07, 6.45) is -0.0985. The molecule has 1 N–H and O–H groups in total. The summed E-state index contributed by atoms with van der Waals surface area (Å²) in [5.74, 6) is -0.000399. The van der Waals surface area contributed by atoms with Gasteiger partial charge in [-0.2, -0.15) is 0 Å². The number of nitrogens with one attached hydrogen (secondary N) is 1. The van der Waals surface area contributed by atoms with Gasteiger partial charge in [-0.05, 0) is 68.7 Å². The van der Waals surface area contributed by atoms with Crippen LogP contribution in [0.25, 0.3) is 0 Å². The first-order valence-corrected chi connectivity index (χ1v) is 8.76. The fourth-order valence-corrected chi connectivity index (χ4v) is 2.65. The lowest BCUT2D eigenvalue weighted by atomic mass is 10.1. The molecule has 5 heteroatoms. The minimum atomic E-state index is -0.623. The summed E-state index contributed by atoms with van der Waals surface area (Å²) in [7, 11) is 0. The number of aryl methyl sites for hydroxylation is 2. The lowest BCUT2D eigenvalue weighted by molar-refractivity contribution is -0.122. The van der Waals surface area contributed by atoms with E-state index in [0.717, 1.165) is 11.1 Å². The second-order valence-electron chi connectivity index (χ2n) is 6.13. The summed E-state index contributed by atoms with van der Waals surface area (Å²) in [5.41, 5.74) is 3.09. The zero-order chi connectivity index (χ0) is 19.1. The highest BCUT2D eigenvalue weighted by atomic mass is 16.5. The van der Waals surface area contributed by atoms with Crippen molar-refractivity contribution in [3.05, 3.63) is 59.2 Å². The topological polar surface area (TPSA) is 64.6 Å². The van der Waals surface area contributed by atoms with E-state index in [1.165, 1.54) is 0 Å². The predicted molar refractivity (Wildman–Crippen MR) is 102 cm³/mol.